The van der Waals surface area contributed by atoms with Gasteiger partial charge in [-0.2, -0.15) is 0 Å². The second-order valence-electron chi connectivity index (χ2n) is 6.30. The van der Waals surface area contributed by atoms with Crippen LogP contribution < -0.4 is 10.0 Å². The predicted octanol–water partition coefficient (Wildman–Crippen LogP) is 3.54. The lowest BCUT2D eigenvalue weighted by molar-refractivity contribution is 0.0911. The maximum Gasteiger partial charge on any atom is 0.262 e. The Morgan fingerprint density at radius 3 is 2.44 bits per heavy atom. The zero-order valence-electron chi connectivity index (χ0n) is 14.3. The number of halogens is 1. The van der Waals surface area contributed by atoms with Gasteiger partial charge in [-0.05, 0) is 50.6 Å². The highest BCUT2D eigenvalue weighted by Crippen LogP contribution is 2.20. The molecule has 0 aromatic heterocycles. The number of carbonyl (C=O) groups is 1. The molecule has 0 bridgehead atoms. The molecule has 0 unspecified atom stereocenters. The minimum absolute atomic E-state index is 0.113. The number of amides is 1. The molecule has 2 N–H and O–H groups in total. The van der Waals surface area contributed by atoms with Crippen molar-refractivity contribution in [3.05, 3.63) is 59.9 Å². The molecule has 0 aliphatic carbocycles. The highest BCUT2D eigenvalue weighted by Gasteiger charge is 2.21. The summed E-state index contributed by atoms with van der Waals surface area (Å²) in [7, 11) is -4.01. The normalized spacial score (nSPS) is 11.8. The summed E-state index contributed by atoms with van der Waals surface area (Å²) in [5, 5.41) is 2.85. The highest BCUT2D eigenvalue weighted by molar-refractivity contribution is 7.92. The van der Waals surface area contributed by atoms with Gasteiger partial charge in [-0.25, -0.2) is 12.8 Å². The lowest BCUT2D eigenvalue weighted by atomic mass is 10.0. The molecular weight excluding hydrogens is 343 g/mol. The molecule has 0 saturated heterocycles. The van der Waals surface area contributed by atoms with Crippen LogP contribution in [0.25, 0.3) is 0 Å². The summed E-state index contributed by atoms with van der Waals surface area (Å²) < 4.78 is 40.8. The first-order valence-electron chi connectivity index (χ1n) is 7.84. The van der Waals surface area contributed by atoms with Crippen molar-refractivity contribution < 1.29 is 17.6 Å². The van der Waals surface area contributed by atoms with Crippen molar-refractivity contribution >= 4 is 21.6 Å². The number of hydrogen-bond acceptors (Lipinski definition) is 3. The van der Waals surface area contributed by atoms with Gasteiger partial charge in [0.2, 0.25) is 0 Å². The van der Waals surface area contributed by atoms with Gasteiger partial charge in [-0.3, -0.25) is 9.52 Å². The minimum atomic E-state index is -4.01. The van der Waals surface area contributed by atoms with Crippen molar-refractivity contribution in [3.8, 4) is 0 Å². The van der Waals surface area contributed by atoms with Crippen LogP contribution in [-0.2, 0) is 10.0 Å². The number of anilines is 1. The summed E-state index contributed by atoms with van der Waals surface area (Å²) in [6.07, 6.45) is 0.728. The Morgan fingerprint density at radius 1 is 1.12 bits per heavy atom. The number of sulfonamides is 1. The molecule has 2 aromatic carbocycles. The monoisotopic (exact) mass is 364 g/mol. The van der Waals surface area contributed by atoms with E-state index in [2.05, 4.69) is 10.0 Å². The second kappa shape index (κ2) is 7.23. The first-order valence-corrected chi connectivity index (χ1v) is 9.33. The molecule has 0 radical (unpaired) electrons. The Bertz CT molecular complexity index is 879. The van der Waals surface area contributed by atoms with E-state index in [4.69, 9.17) is 0 Å². The van der Waals surface area contributed by atoms with Gasteiger partial charge in [-0.1, -0.05) is 25.1 Å². The zero-order valence-corrected chi connectivity index (χ0v) is 15.2. The van der Waals surface area contributed by atoms with E-state index in [1.54, 1.807) is 0 Å². The van der Waals surface area contributed by atoms with Crippen molar-refractivity contribution in [1.29, 1.82) is 0 Å². The molecule has 0 heterocycles. The third-order valence-corrected chi connectivity index (χ3v) is 5.22. The van der Waals surface area contributed by atoms with Crippen LogP contribution in [0.5, 0.6) is 0 Å². The average molecular weight is 364 g/mol. The van der Waals surface area contributed by atoms with Gasteiger partial charge in [0.15, 0.2) is 0 Å². The van der Waals surface area contributed by atoms with E-state index in [1.807, 2.05) is 20.8 Å². The maximum absolute atomic E-state index is 13.7. The van der Waals surface area contributed by atoms with Gasteiger partial charge < -0.3 is 5.32 Å². The fourth-order valence-electron chi connectivity index (χ4n) is 2.02. The number of carbonyl (C=O) groups excluding carboxylic acids is 1. The van der Waals surface area contributed by atoms with E-state index in [0.717, 1.165) is 12.5 Å². The van der Waals surface area contributed by atoms with Crippen LogP contribution in [0.2, 0.25) is 0 Å². The Kier molecular flexibility index (Phi) is 5.47. The molecule has 25 heavy (non-hydrogen) atoms. The average Bonchev–Trinajstić information content (AvgIpc) is 2.56. The van der Waals surface area contributed by atoms with E-state index in [0.29, 0.717) is 0 Å². The molecule has 2 aromatic rings. The van der Waals surface area contributed by atoms with Crippen molar-refractivity contribution in [3.63, 3.8) is 0 Å². The first-order chi connectivity index (χ1) is 11.6. The molecule has 5 nitrogen and oxygen atoms in total. The summed E-state index contributed by atoms with van der Waals surface area (Å²) in [4.78, 5) is 12.2. The Labute approximate surface area is 147 Å². The van der Waals surface area contributed by atoms with Gasteiger partial charge in [0.1, 0.15) is 5.82 Å². The van der Waals surface area contributed by atoms with Crippen LogP contribution in [0.4, 0.5) is 10.1 Å². The number of nitrogens with one attached hydrogen (secondary N) is 2. The highest BCUT2D eigenvalue weighted by atomic mass is 32.2. The largest absolute Gasteiger partial charge is 0.347 e. The van der Waals surface area contributed by atoms with Crippen molar-refractivity contribution in [2.24, 2.45) is 0 Å². The molecule has 1 amide bonds. The van der Waals surface area contributed by atoms with Gasteiger partial charge in [0.25, 0.3) is 15.9 Å². The van der Waals surface area contributed by atoms with Crippen LogP contribution in [-0.4, -0.2) is 19.9 Å². The van der Waals surface area contributed by atoms with Gasteiger partial charge >= 0.3 is 0 Å². The van der Waals surface area contributed by atoms with Crippen LogP contribution in [0.1, 0.15) is 37.6 Å². The summed E-state index contributed by atoms with van der Waals surface area (Å²) in [6, 6.07) is 11.1. The van der Waals surface area contributed by atoms with E-state index < -0.39 is 21.4 Å². The van der Waals surface area contributed by atoms with Crippen molar-refractivity contribution in [2.75, 3.05) is 4.72 Å². The third-order valence-electron chi connectivity index (χ3n) is 3.86. The topological polar surface area (TPSA) is 75.3 Å². The maximum atomic E-state index is 13.7. The van der Waals surface area contributed by atoms with Gasteiger partial charge in [0.05, 0.1) is 10.6 Å². The van der Waals surface area contributed by atoms with Crippen molar-refractivity contribution in [2.45, 2.75) is 37.6 Å². The van der Waals surface area contributed by atoms with E-state index in [-0.39, 0.29) is 22.1 Å². The van der Waals surface area contributed by atoms with Gasteiger partial charge in [0, 0.05) is 11.1 Å². The van der Waals surface area contributed by atoms with Crippen molar-refractivity contribution in [1.82, 2.24) is 5.32 Å². The SMILES string of the molecule is CCC(C)(C)NC(=O)c1cccc(S(=O)(=O)Nc2ccccc2F)c1. The number of rotatable bonds is 6. The summed E-state index contributed by atoms with van der Waals surface area (Å²) in [5.41, 5.74) is -0.334. The molecule has 0 saturated carbocycles. The quantitative estimate of drug-likeness (QED) is 0.823. The predicted molar refractivity (Wildman–Crippen MR) is 95.5 cm³/mol. The van der Waals surface area contributed by atoms with E-state index in [1.165, 1.54) is 42.5 Å². The molecule has 0 atom stereocenters. The Morgan fingerprint density at radius 2 is 1.80 bits per heavy atom. The smallest absolute Gasteiger partial charge is 0.262 e. The molecule has 0 aliphatic rings. The summed E-state index contributed by atoms with van der Waals surface area (Å²) in [6.45, 7) is 5.70. The molecule has 2 rings (SSSR count). The van der Waals surface area contributed by atoms with E-state index >= 15 is 0 Å². The number of benzene rings is 2. The standard InChI is InChI=1S/C18H21FN2O3S/c1-4-18(2,3)20-17(22)13-8-7-9-14(12-13)25(23,24)21-16-11-6-5-10-15(16)19/h5-12,21H,4H2,1-3H3,(H,20,22). The fourth-order valence-corrected chi connectivity index (χ4v) is 3.13. The molecule has 0 fully saturated rings. The van der Waals surface area contributed by atoms with Crippen LogP contribution >= 0.6 is 0 Å². The first kappa shape index (κ1) is 18.9. The molecule has 0 aliphatic heterocycles. The Hall–Kier alpha value is -2.41. The van der Waals surface area contributed by atoms with Crippen LogP contribution in [0, 0.1) is 5.82 Å². The lowest BCUT2D eigenvalue weighted by Crippen LogP contribution is -2.42. The molecule has 134 valence electrons. The van der Waals surface area contributed by atoms with Crippen LogP contribution in [0.15, 0.2) is 53.4 Å². The number of para-hydroxylation sites is 1. The minimum Gasteiger partial charge on any atom is -0.347 e. The van der Waals surface area contributed by atoms with Gasteiger partial charge in [-0.15, -0.1) is 0 Å². The third kappa shape index (κ3) is 4.79. The number of hydrogen-bond donors (Lipinski definition) is 2. The lowest BCUT2D eigenvalue weighted by Gasteiger charge is -2.24. The van der Waals surface area contributed by atoms with E-state index in [9.17, 15) is 17.6 Å². The molecular formula is C18H21FN2O3S. The second-order valence-corrected chi connectivity index (χ2v) is 7.99. The molecule has 7 heteroatoms. The summed E-state index contributed by atoms with van der Waals surface area (Å²) in [5.74, 6) is -1.04. The summed E-state index contributed by atoms with van der Waals surface area (Å²) >= 11 is 0. The molecule has 0 spiro atoms. The zero-order chi connectivity index (χ0) is 18.7. The Balaban J connectivity index is 2.28. The fraction of sp³-hybridized carbons (Fsp3) is 0.278. The van der Waals surface area contributed by atoms with Crippen LogP contribution in [0.3, 0.4) is 0 Å².